The molecule has 2 aromatic heterocycles. The van der Waals surface area contributed by atoms with Crippen molar-refractivity contribution in [3.63, 3.8) is 0 Å². The number of aromatic nitrogens is 4. The molecule has 3 heterocycles. The first-order valence-corrected chi connectivity index (χ1v) is 10.0. The number of hydrogen-bond donors (Lipinski definition) is 2. The molecule has 4 rings (SSSR count). The van der Waals surface area contributed by atoms with Crippen molar-refractivity contribution < 1.29 is 14.6 Å². The van der Waals surface area contributed by atoms with Crippen LogP contribution in [0.4, 0.5) is 0 Å². The van der Waals surface area contributed by atoms with E-state index >= 15 is 0 Å². The van der Waals surface area contributed by atoms with Crippen molar-refractivity contribution in [1.29, 1.82) is 0 Å². The zero-order valence-corrected chi connectivity index (χ0v) is 17.1. The molecule has 0 bridgehead atoms. The Labute approximate surface area is 174 Å². The van der Waals surface area contributed by atoms with E-state index in [0.29, 0.717) is 30.2 Å². The van der Waals surface area contributed by atoms with Crippen LogP contribution < -0.4 is 4.74 Å². The van der Waals surface area contributed by atoms with E-state index in [1.54, 1.807) is 19.5 Å². The molecule has 0 saturated carbocycles. The highest BCUT2D eigenvalue weighted by molar-refractivity contribution is 5.99. The molecular weight excluding hydrogens is 382 g/mol. The molecule has 8 nitrogen and oxygen atoms in total. The van der Waals surface area contributed by atoms with Gasteiger partial charge in [0.15, 0.2) is 0 Å². The molecule has 1 aliphatic rings. The van der Waals surface area contributed by atoms with Crippen molar-refractivity contribution in [2.75, 3.05) is 20.2 Å². The lowest BCUT2D eigenvalue weighted by Gasteiger charge is -2.33. The number of amides is 1. The standard InChI is InChI=1S/C22H25N5O3/c1-14-23-10-17(13-28)20(25-14)16-4-3-9-27(12-16)22(29)19-11-24-26-21(19)15-5-7-18(30-2)8-6-15/h5-8,10-11,16,28H,3-4,9,12-13H2,1-2H3,(H,24,26). The number of methoxy groups -OCH3 is 1. The average molecular weight is 407 g/mol. The second-order valence-electron chi connectivity index (χ2n) is 7.46. The highest BCUT2D eigenvalue weighted by Crippen LogP contribution is 2.30. The molecule has 1 fully saturated rings. The first-order chi connectivity index (χ1) is 14.6. The first kappa shape index (κ1) is 20.0. The van der Waals surface area contributed by atoms with E-state index in [0.717, 1.165) is 35.4 Å². The number of nitrogens with one attached hydrogen (secondary N) is 1. The lowest BCUT2D eigenvalue weighted by molar-refractivity contribution is 0.0706. The van der Waals surface area contributed by atoms with Crippen molar-refractivity contribution in [2.45, 2.75) is 32.3 Å². The van der Waals surface area contributed by atoms with Crippen LogP contribution in [0.15, 0.2) is 36.7 Å². The van der Waals surface area contributed by atoms with Crippen LogP contribution in [-0.2, 0) is 6.61 Å². The predicted octanol–water partition coefficient (Wildman–Crippen LogP) is 2.70. The van der Waals surface area contributed by atoms with E-state index in [1.165, 1.54) is 0 Å². The van der Waals surface area contributed by atoms with Crippen molar-refractivity contribution in [3.05, 3.63) is 59.3 Å². The highest BCUT2D eigenvalue weighted by Gasteiger charge is 2.29. The quantitative estimate of drug-likeness (QED) is 0.674. The molecule has 0 radical (unpaired) electrons. The number of aryl methyl sites for hydroxylation is 1. The fourth-order valence-electron chi connectivity index (χ4n) is 3.97. The minimum Gasteiger partial charge on any atom is -0.497 e. The van der Waals surface area contributed by atoms with Crippen LogP contribution in [0.3, 0.4) is 0 Å². The van der Waals surface area contributed by atoms with Gasteiger partial charge in [-0.15, -0.1) is 0 Å². The van der Waals surface area contributed by atoms with Gasteiger partial charge in [-0.2, -0.15) is 5.10 Å². The Morgan fingerprint density at radius 1 is 1.30 bits per heavy atom. The van der Waals surface area contributed by atoms with Gasteiger partial charge in [0, 0.05) is 36.3 Å². The summed E-state index contributed by atoms with van der Waals surface area (Å²) in [6.45, 7) is 2.96. The first-order valence-electron chi connectivity index (χ1n) is 10.0. The van der Waals surface area contributed by atoms with Gasteiger partial charge < -0.3 is 14.7 Å². The molecule has 1 aromatic carbocycles. The number of ether oxygens (including phenoxy) is 1. The number of carbonyl (C=O) groups excluding carboxylic acids is 1. The van der Waals surface area contributed by atoms with E-state index in [2.05, 4.69) is 20.2 Å². The zero-order valence-electron chi connectivity index (χ0n) is 17.1. The molecule has 0 aliphatic carbocycles. The van der Waals surface area contributed by atoms with Crippen molar-refractivity contribution >= 4 is 5.91 Å². The summed E-state index contributed by atoms with van der Waals surface area (Å²) in [4.78, 5) is 23.9. The third kappa shape index (κ3) is 3.91. The van der Waals surface area contributed by atoms with Crippen LogP contribution in [-0.4, -0.2) is 56.3 Å². The van der Waals surface area contributed by atoms with Crippen LogP contribution in [0.5, 0.6) is 5.75 Å². The summed E-state index contributed by atoms with van der Waals surface area (Å²) in [6.07, 6.45) is 5.06. The molecule has 30 heavy (non-hydrogen) atoms. The van der Waals surface area contributed by atoms with Crippen LogP contribution in [0.1, 0.15) is 46.2 Å². The van der Waals surface area contributed by atoms with Crippen molar-refractivity contribution in [2.24, 2.45) is 0 Å². The van der Waals surface area contributed by atoms with E-state index in [9.17, 15) is 9.90 Å². The normalized spacial score (nSPS) is 16.5. The summed E-state index contributed by atoms with van der Waals surface area (Å²) in [5, 5.41) is 16.8. The lowest BCUT2D eigenvalue weighted by Crippen LogP contribution is -2.39. The molecule has 156 valence electrons. The monoisotopic (exact) mass is 407 g/mol. The van der Waals surface area contributed by atoms with E-state index < -0.39 is 0 Å². The van der Waals surface area contributed by atoms with Gasteiger partial charge in [-0.05, 0) is 44.0 Å². The summed E-state index contributed by atoms with van der Waals surface area (Å²) in [7, 11) is 1.62. The summed E-state index contributed by atoms with van der Waals surface area (Å²) in [5.41, 5.74) is 3.67. The Morgan fingerprint density at radius 3 is 2.83 bits per heavy atom. The topological polar surface area (TPSA) is 104 Å². The Balaban J connectivity index is 1.57. The fourth-order valence-corrected chi connectivity index (χ4v) is 3.97. The van der Waals surface area contributed by atoms with Crippen LogP contribution >= 0.6 is 0 Å². The fraction of sp³-hybridized carbons (Fsp3) is 0.364. The van der Waals surface area contributed by atoms with Gasteiger partial charge in [0.2, 0.25) is 0 Å². The number of hydrogen-bond acceptors (Lipinski definition) is 6. The number of H-pyrrole nitrogens is 1. The Bertz CT molecular complexity index is 1030. The lowest BCUT2D eigenvalue weighted by atomic mass is 9.91. The minimum atomic E-state index is -0.108. The zero-order chi connectivity index (χ0) is 21.1. The third-order valence-corrected chi connectivity index (χ3v) is 5.53. The number of rotatable bonds is 5. The molecule has 3 aromatic rings. The number of benzene rings is 1. The summed E-state index contributed by atoms with van der Waals surface area (Å²) in [6, 6.07) is 7.52. The average Bonchev–Trinajstić information content (AvgIpc) is 3.28. The van der Waals surface area contributed by atoms with Crippen LogP contribution in [0, 0.1) is 6.92 Å². The molecule has 1 aliphatic heterocycles. The maximum atomic E-state index is 13.3. The van der Waals surface area contributed by atoms with Crippen LogP contribution in [0.25, 0.3) is 11.3 Å². The molecule has 2 N–H and O–H groups in total. The van der Waals surface area contributed by atoms with E-state index in [4.69, 9.17) is 4.74 Å². The molecule has 1 unspecified atom stereocenters. The molecule has 0 spiro atoms. The van der Waals surface area contributed by atoms with Crippen molar-refractivity contribution in [1.82, 2.24) is 25.1 Å². The van der Waals surface area contributed by atoms with Crippen LogP contribution in [0.2, 0.25) is 0 Å². The number of piperidine rings is 1. The number of carbonyl (C=O) groups is 1. The van der Waals surface area contributed by atoms with Gasteiger partial charge in [-0.1, -0.05) is 0 Å². The number of nitrogens with zero attached hydrogens (tertiary/aromatic N) is 4. The van der Waals surface area contributed by atoms with Gasteiger partial charge in [0.05, 0.1) is 36.9 Å². The highest BCUT2D eigenvalue weighted by atomic mass is 16.5. The smallest absolute Gasteiger partial charge is 0.257 e. The molecule has 1 saturated heterocycles. The number of aliphatic hydroxyl groups is 1. The SMILES string of the molecule is COc1ccc(-c2[nH]ncc2C(=O)N2CCCC(c3nc(C)ncc3CO)C2)cc1. The Morgan fingerprint density at radius 2 is 2.10 bits per heavy atom. The number of aliphatic hydroxyl groups excluding tert-OH is 1. The van der Waals surface area contributed by atoms with Gasteiger partial charge in [-0.25, -0.2) is 9.97 Å². The predicted molar refractivity (Wildman–Crippen MR) is 111 cm³/mol. The van der Waals surface area contributed by atoms with Gasteiger partial charge in [0.25, 0.3) is 5.91 Å². The third-order valence-electron chi connectivity index (χ3n) is 5.53. The number of likely N-dealkylation sites (tertiary alicyclic amines) is 1. The van der Waals surface area contributed by atoms with E-state index in [1.807, 2.05) is 36.1 Å². The minimum absolute atomic E-state index is 0.0596. The van der Waals surface area contributed by atoms with E-state index in [-0.39, 0.29) is 18.4 Å². The number of aromatic amines is 1. The Hall–Kier alpha value is -3.26. The Kier molecular flexibility index (Phi) is 5.76. The second-order valence-corrected chi connectivity index (χ2v) is 7.46. The summed E-state index contributed by atoms with van der Waals surface area (Å²) >= 11 is 0. The summed E-state index contributed by atoms with van der Waals surface area (Å²) in [5.74, 6) is 1.44. The van der Waals surface area contributed by atoms with Crippen molar-refractivity contribution in [3.8, 4) is 17.0 Å². The molecule has 8 heteroatoms. The summed E-state index contributed by atoms with van der Waals surface area (Å²) < 4.78 is 5.21. The molecular formula is C22H25N5O3. The molecule has 1 atom stereocenters. The molecule has 1 amide bonds. The maximum Gasteiger partial charge on any atom is 0.257 e. The van der Waals surface area contributed by atoms with Gasteiger partial charge >= 0.3 is 0 Å². The maximum absolute atomic E-state index is 13.3. The second kappa shape index (κ2) is 8.62. The van der Waals surface area contributed by atoms with Gasteiger partial charge in [0.1, 0.15) is 11.6 Å². The largest absolute Gasteiger partial charge is 0.497 e. The van der Waals surface area contributed by atoms with Gasteiger partial charge in [-0.3, -0.25) is 9.89 Å².